The molecule has 0 aliphatic carbocycles. The third kappa shape index (κ3) is 3.67. The third-order valence-electron chi connectivity index (χ3n) is 3.25. The lowest BCUT2D eigenvalue weighted by atomic mass is 10.1. The summed E-state index contributed by atoms with van der Waals surface area (Å²) < 4.78 is 0. The van der Waals surface area contributed by atoms with E-state index in [-0.39, 0.29) is 11.8 Å². The van der Waals surface area contributed by atoms with E-state index >= 15 is 0 Å². The van der Waals surface area contributed by atoms with Gasteiger partial charge in [-0.15, -0.1) is 11.3 Å². The molecule has 3 nitrogen and oxygen atoms in total. The standard InChI is InChI=1S/C16H20N2OS/c1-4-5-12(3)15(19)18-16-17-14(10-20-16)13-8-6-11(2)7-9-13/h6-10,12H,4-5H2,1-3H3,(H,17,18,19). The number of hydrogen-bond acceptors (Lipinski definition) is 3. The van der Waals surface area contributed by atoms with Gasteiger partial charge in [0.15, 0.2) is 5.13 Å². The van der Waals surface area contributed by atoms with Crippen molar-refractivity contribution in [2.75, 3.05) is 5.32 Å². The van der Waals surface area contributed by atoms with Crippen LogP contribution in [0.5, 0.6) is 0 Å². The molecule has 1 heterocycles. The third-order valence-corrected chi connectivity index (χ3v) is 4.01. The highest BCUT2D eigenvalue weighted by Gasteiger charge is 2.13. The monoisotopic (exact) mass is 288 g/mol. The molecule has 0 saturated carbocycles. The molecule has 2 aromatic rings. The van der Waals surface area contributed by atoms with Crippen LogP contribution in [0, 0.1) is 12.8 Å². The molecule has 0 aliphatic rings. The zero-order valence-corrected chi connectivity index (χ0v) is 13.0. The van der Waals surface area contributed by atoms with E-state index in [9.17, 15) is 4.79 Å². The van der Waals surface area contributed by atoms with Crippen molar-refractivity contribution in [2.24, 2.45) is 5.92 Å². The summed E-state index contributed by atoms with van der Waals surface area (Å²) in [7, 11) is 0. The Balaban J connectivity index is 2.05. The van der Waals surface area contributed by atoms with Crippen molar-refractivity contribution in [2.45, 2.75) is 33.6 Å². The van der Waals surface area contributed by atoms with Gasteiger partial charge in [-0.25, -0.2) is 4.98 Å². The molecule has 106 valence electrons. The summed E-state index contributed by atoms with van der Waals surface area (Å²) in [6.45, 7) is 6.10. The molecule has 2 rings (SSSR count). The van der Waals surface area contributed by atoms with Crippen molar-refractivity contribution in [1.82, 2.24) is 4.98 Å². The lowest BCUT2D eigenvalue weighted by Crippen LogP contribution is -2.20. The summed E-state index contributed by atoms with van der Waals surface area (Å²) in [6.07, 6.45) is 1.92. The Morgan fingerprint density at radius 1 is 1.35 bits per heavy atom. The maximum Gasteiger partial charge on any atom is 0.228 e. The molecule has 0 bridgehead atoms. The van der Waals surface area contributed by atoms with Gasteiger partial charge in [0.1, 0.15) is 0 Å². The molecule has 1 N–H and O–H groups in total. The number of hydrogen-bond donors (Lipinski definition) is 1. The van der Waals surface area contributed by atoms with Crippen molar-refractivity contribution < 1.29 is 4.79 Å². The molecule has 1 amide bonds. The summed E-state index contributed by atoms with van der Waals surface area (Å²) in [6, 6.07) is 8.23. The second-order valence-corrected chi connectivity index (χ2v) is 5.94. The van der Waals surface area contributed by atoms with Crippen molar-refractivity contribution >= 4 is 22.4 Å². The average Bonchev–Trinajstić information content (AvgIpc) is 2.88. The van der Waals surface area contributed by atoms with Gasteiger partial charge in [0.25, 0.3) is 0 Å². The second kappa shape index (κ2) is 6.66. The Labute approximate surface area is 124 Å². The van der Waals surface area contributed by atoms with Crippen LogP contribution in [0.4, 0.5) is 5.13 Å². The molecule has 1 aromatic carbocycles. The molecule has 0 aliphatic heterocycles. The topological polar surface area (TPSA) is 42.0 Å². The summed E-state index contributed by atoms with van der Waals surface area (Å²) in [5, 5.41) is 5.55. The lowest BCUT2D eigenvalue weighted by molar-refractivity contribution is -0.119. The Bertz CT molecular complexity index is 574. The molecule has 0 spiro atoms. The SMILES string of the molecule is CCCC(C)C(=O)Nc1nc(-c2ccc(C)cc2)cs1. The van der Waals surface area contributed by atoms with Crippen LogP contribution in [-0.4, -0.2) is 10.9 Å². The van der Waals surface area contributed by atoms with Gasteiger partial charge in [0.05, 0.1) is 5.69 Å². The van der Waals surface area contributed by atoms with E-state index in [1.165, 1.54) is 16.9 Å². The van der Waals surface area contributed by atoms with E-state index in [1.54, 1.807) is 0 Å². The smallest absolute Gasteiger partial charge is 0.228 e. The van der Waals surface area contributed by atoms with Crippen LogP contribution < -0.4 is 5.32 Å². The van der Waals surface area contributed by atoms with Crippen molar-refractivity contribution in [3.63, 3.8) is 0 Å². The normalized spacial score (nSPS) is 12.2. The molecule has 1 unspecified atom stereocenters. The minimum atomic E-state index is 0.0340. The predicted octanol–water partition coefficient (Wildman–Crippen LogP) is 4.49. The van der Waals surface area contributed by atoms with Crippen molar-refractivity contribution in [3.05, 3.63) is 35.2 Å². The van der Waals surface area contributed by atoms with Gasteiger partial charge in [-0.05, 0) is 13.3 Å². The molecule has 0 saturated heterocycles. The van der Waals surface area contributed by atoms with E-state index in [2.05, 4.69) is 48.4 Å². The van der Waals surface area contributed by atoms with Gasteiger partial charge < -0.3 is 5.32 Å². The lowest BCUT2D eigenvalue weighted by Gasteiger charge is -2.08. The van der Waals surface area contributed by atoms with Crippen LogP contribution >= 0.6 is 11.3 Å². The minimum absolute atomic E-state index is 0.0340. The van der Waals surface area contributed by atoms with Gasteiger partial charge >= 0.3 is 0 Å². The van der Waals surface area contributed by atoms with E-state index in [4.69, 9.17) is 0 Å². The second-order valence-electron chi connectivity index (χ2n) is 5.08. The first kappa shape index (κ1) is 14.7. The maximum absolute atomic E-state index is 11.9. The van der Waals surface area contributed by atoms with Gasteiger partial charge in [0, 0.05) is 16.9 Å². The highest BCUT2D eigenvalue weighted by Crippen LogP contribution is 2.25. The number of nitrogens with zero attached hydrogens (tertiary/aromatic N) is 1. The number of anilines is 1. The van der Waals surface area contributed by atoms with Gasteiger partial charge in [-0.2, -0.15) is 0 Å². The first-order chi connectivity index (χ1) is 9.60. The largest absolute Gasteiger partial charge is 0.302 e. The summed E-state index contributed by atoms with van der Waals surface area (Å²) in [5.41, 5.74) is 3.22. The number of amides is 1. The number of thiazole rings is 1. The fourth-order valence-corrected chi connectivity index (χ4v) is 2.70. The summed E-state index contributed by atoms with van der Waals surface area (Å²) in [4.78, 5) is 16.4. The van der Waals surface area contributed by atoms with Crippen LogP contribution in [0.15, 0.2) is 29.6 Å². The highest BCUT2D eigenvalue weighted by molar-refractivity contribution is 7.14. The minimum Gasteiger partial charge on any atom is -0.302 e. The van der Waals surface area contributed by atoms with E-state index in [0.29, 0.717) is 5.13 Å². The summed E-state index contributed by atoms with van der Waals surface area (Å²) in [5.74, 6) is 0.0865. The van der Waals surface area contributed by atoms with E-state index < -0.39 is 0 Å². The zero-order valence-electron chi connectivity index (χ0n) is 12.1. The molecule has 1 aromatic heterocycles. The Morgan fingerprint density at radius 3 is 2.70 bits per heavy atom. The fourth-order valence-electron chi connectivity index (χ4n) is 1.98. The van der Waals surface area contributed by atoms with Crippen molar-refractivity contribution in [3.8, 4) is 11.3 Å². The molecule has 0 fully saturated rings. The van der Waals surface area contributed by atoms with E-state index in [0.717, 1.165) is 24.1 Å². The highest BCUT2D eigenvalue weighted by atomic mass is 32.1. The fraction of sp³-hybridized carbons (Fsp3) is 0.375. The Morgan fingerprint density at radius 2 is 2.05 bits per heavy atom. The van der Waals surface area contributed by atoms with Crippen LogP contribution in [0.1, 0.15) is 32.3 Å². The van der Waals surface area contributed by atoms with Crippen LogP contribution in [-0.2, 0) is 4.79 Å². The Kier molecular flexibility index (Phi) is 4.90. The molecule has 0 radical (unpaired) electrons. The number of nitrogens with one attached hydrogen (secondary N) is 1. The summed E-state index contributed by atoms with van der Waals surface area (Å²) >= 11 is 1.47. The zero-order chi connectivity index (χ0) is 14.5. The van der Waals surface area contributed by atoms with Crippen LogP contribution in [0.25, 0.3) is 11.3 Å². The number of benzene rings is 1. The predicted molar refractivity (Wildman–Crippen MR) is 85.0 cm³/mol. The Hall–Kier alpha value is -1.68. The van der Waals surface area contributed by atoms with E-state index in [1.807, 2.05) is 12.3 Å². The van der Waals surface area contributed by atoms with Crippen molar-refractivity contribution in [1.29, 1.82) is 0 Å². The first-order valence-electron chi connectivity index (χ1n) is 6.93. The number of carbonyl (C=O) groups excluding carboxylic acids is 1. The number of aromatic nitrogens is 1. The molecular weight excluding hydrogens is 268 g/mol. The number of carbonyl (C=O) groups is 1. The van der Waals surface area contributed by atoms with Gasteiger partial charge in [-0.3, -0.25) is 4.79 Å². The molecule has 20 heavy (non-hydrogen) atoms. The number of aryl methyl sites for hydroxylation is 1. The van der Waals surface area contributed by atoms with Crippen LogP contribution in [0.3, 0.4) is 0 Å². The average molecular weight is 288 g/mol. The van der Waals surface area contributed by atoms with Gasteiger partial charge in [-0.1, -0.05) is 50.1 Å². The van der Waals surface area contributed by atoms with Crippen LogP contribution in [0.2, 0.25) is 0 Å². The number of rotatable bonds is 5. The molecular formula is C16H20N2OS. The quantitative estimate of drug-likeness (QED) is 0.880. The first-order valence-corrected chi connectivity index (χ1v) is 7.81. The van der Waals surface area contributed by atoms with Gasteiger partial charge in [0.2, 0.25) is 5.91 Å². The molecule has 1 atom stereocenters. The maximum atomic E-state index is 11.9. The molecule has 4 heteroatoms.